The lowest BCUT2D eigenvalue weighted by Gasteiger charge is -2.06. The van der Waals surface area contributed by atoms with Crippen molar-refractivity contribution in [3.05, 3.63) is 19.5 Å². The Kier molecular flexibility index (Phi) is 3.87. The molecule has 0 N–H and O–H groups in total. The SMILES string of the molecule is FC(F)Oc1cncc(I)c1I. The summed E-state index contributed by atoms with van der Waals surface area (Å²) in [5.41, 5.74) is 0. The van der Waals surface area contributed by atoms with Crippen molar-refractivity contribution in [3.8, 4) is 5.75 Å². The van der Waals surface area contributed by atoms with E-state index >= 15 is 0 Å². The fraction of sp³-hybridized carbons (Fsp3) is 0.167. The zero-order valence-corrected chi connectivity index (χ0v) is 9.91. The molecule has 0 aliphatic heterocycles. The zero-order chi connectivity index (χ0) is 9.14. The number of aromatic nitrogens is 1. The number of hydrogen-bond donors (Lipinski definition) is 0. The fourth-order valence-corrected chi connectivity index (χ4v) is 1.41. The van der Waals surface area contributed by atoms with Crippen molar-refractivity contribution in [3.63, 3.8) is 0 Å². The molecule has 0 aliphatic carbocycles. The normalized spacial score (nSPS) is 10.4. The van der Waals surface area contributed by atoms with E-state index in [1.54, 1.807) is 6.20 Å². The second kappa shape index (κ2) is 4.49. The lowest BCUT2D eigenvalue weighted by atomic mass is 10.5. The first-order valence-corrected chi connectivity index (χ1v) is 5.01. The summed E-state index contributed by atoms with van der Waals surface area (Å²) in [6, 6.07) is 0. The summed E-state index contributed by atoms with van der Waals surface area (Å²) in [5.74, 6) is 0.123. The predicted octanol–water partition coefficient (Wildman–Crippen LogP) is 2.89. The van der Waals surface area contributed by atoms with Crippen LogP contribution in [0.25, 0.3) is 0 Å². The summed E-state index contributed by atoms with van der Waals surface area (Å²) in [7, 11) is 0. The van der Waals surface area contributed by atoms with Gasteiger partial charge in [-0.05, 0) is 45.2 Å². The van der Waals surface area contributed by atoms with Crippen LogP contribution in [0.3, 0.4) is 0 Å². The third kappa shape index (κ3) is 2.64. The van der Waals surface area contributed by atoms with Crippen LogP contribution in [0, 0.1) is 7.14 Å². The van der Waals surface area contributed by atoms with Crippen LogP contribution in [0.2, 0.25) is 0 Å². The summed E-state index contributed by atoms with van der Waals surface area (Å²) in [6.07, 6.45) is 2.86. The Morgan fingerprint density at radius 2 is 2.00 bits per heavy atom. The minimum Gasteiger partial charge on any atom is -0.432 e. The molecule has 1 aromatic rings. The molecule has 1 aromatic heterocycles. The molecule has 6 heteroatoms. The lowest BCUT2D eigenvalue weighted by Crippen LogP contribution is -2.04. The van der Waals surface area contributed by atoms with E-state index in [1.165, 1.54) is 6.20 Å². The highest BCUT2D eigenvalue weighted by molar-refractivity contribution is 14.1. The summed E-state index contributed by atoms with van der Waals surface area (Å²) < 4.78 is 29.2. The van der Waals surface area contributed by atoms with Crippen LogP contribution in [-0.2, 0) is 0 Å². The molecule has 0 radical (unpaired) electrons. The number of hydrogen-bond acceptors (Lipinski definition) is 2. The molecular weight excluding hydrogens is 394 g/mol. The van der Waals surface area contributed by atoms with E-state index in [-0.39, 0.29) is 5.75 Å². The Bertz CT molecular complexity index is 282. The summed E-state index contributed by atoms with van der Waals surface area (Å²) in [6.45, 7) is -2.79. The summed E-state index contributed by atoms with van der Waals surface area (Å²) in [5, 5.41) is 0. The van der Waals surface area contributed by atoms with Gasteiger partial charge in [0.15, 0.2) is 5.75 Å². The monoisotopic (exact) mass is 397 g/mol. The molecule has 2 nitrogen and oxygen atoms in total. The molecule has 0 saturated heterocycles. The van der Waals surface area contributed by atoms with Crippen molar-refractivity contribution in [1.29, 1.82) is 0 Å². The van der Waals surface area contributed by atoms with E-state index in [0.717, 1.165) is 3.57 Å². The summed E-state index contributed by atoms with van der Waals surface area (Å²) >= 11 is 3.93. The Labute approximate surface area is 95.0 Å². The molecular formula is C6H3F2I2NO. The standard InChI is InChI=1S/C6H3F2I2NO/c7-6(8)12-4-2-11-1-3(9)5(4)10/h1-2,6H. The van der Waals surface area contributed by atoms with Gasteiger partial charge in [0.2, 0.25) is 0 Å². The molecule has 1 rings (SSSR count). The first-order chi connectivity index (χ1) is 5.61. The van der Waals surface area contributed by atoms with Crippen LogP contribution in [0.5, 0.6) is 5.75 Å². The van der Waals surface area contributed by atoms with Crippen LogP contribution in [-0.4, -0.2) is 11.6 Å². The molecule has 0 bridgehead atoms. The molecule has 0 saturated carbocycles. The molecule has 66 valence electrons. The Morgan fingerprint density at radius 1 is 1.33 bits per heavy atom. The van der Waals surface area contributed by atoms with Gasteiger partial charge in [0.25, 0.3) is 0 Å². The number of nitrogens with zero attached hydrogens (tertiary/aromatic N) is 1. The number of rotatable bonds is 2. The van der Waals surface area contributed by atoms with Crippen molar-refractivity contribution < 1.29 is 13.5 Å². The van der Waals surface area contributed by atoms with E-state index in [9.17, 15) is 8.78 Å². The maximum Gasteiger partial charge on any atom is 0.387 e. The van der Waals surface area contributed by atoms with E-state index in [1.807, 2.05) is 45.2 Å². The van der Waals surface area contributed by atoms with Gasteiger partial charge in [-0.2, -0.15) is 8.78 Å². The summed E-state index contributed by atoms with van der Waals surface area (Å²) in [4.78, 5) is 3.73. The van der Waals surface area contributed by atoms with E-state index in [4.69, 9.17) is 0 Å². The second-order valence-corrected chi connectivity index (χ2v) is 4.05. The van der Waals surface area contributed by atoms with Crippen molar-refractivity contribution >= 4 is 45.2 Å². The number of ether oxygens (including phenoxy) is 1. The average Bonchev–Trinajstić information content (AvgIpc) is 1.98. The average molecular weight is 397 g/mol. The Morgan fingerprint density at radius 3 is 2.58 bits per heavy atom. The first-order valence-electron chi connectivity index (χ1n) is 2.85. The van der Waals surface area contributed by atoms with Gasteiger partial charge in [0.05, 0.1) is 9.77 Å². The van der Waals surface area contributed by atoms with Gasteiger partial charge in [-0.25, -0.2) is 0 Å². The molecule has 0 atom stereocenters. The highest BCUT2D eigenvalue weighted by Crippen LogP contribution is 2.25. The number of pyridine rings is 1. The Hall–Kier alpha value is 0.270. The molecule has 0 aliphatic rings. The molecule has 0 spiro atoms. The van der Waals surface area contributed by atoms with Crippen LogP contribution in [0.1, 0.15) is 0 Å². The largest absolute Gasteiger partial charge is 0.432 e. The van der Waals surface area contributed by atoms with Crippen LogP contribution in [0.15, 0.2) is 12.4 Å². The van der Waals surface area contributed by atoms with Gasteiger partial charge in [0.1, 0.15) is 0 Å². The van der Waals surface area contributed by atoms with Gasteiger partial charge in [0, 0.05) is 9.77 Å². The van der Waals surface area contributed by atoms with Crippen LogP contribution < -0.4 is 4.74 Å². The maximum atomic E-state index is 11.8. The van der Waals surface area contributed by atoms with E-state index in [0.29, 0.717) is 3.57 Å². The maximum absolute atomic E-state index is 11.8. The zero-order valence-electron chi connectivity index (χ0n) is 5.60. The van der Waals surface area contributed by atoms with E-state index < -0.39 is 6.61 Å². The van der Waals surface area contributed by atoms with Crippen molar-refractivity contribution in [2.24, 2.45) is 0 Å². The number of halogens is 4. The topological polar surface area (TPSA) is 22.1 Å². The first kappa shape index (κ1) is 10.4. The van der Waals surface area contributed by atoms with Crippen molar-refractivity contribution in [1.82, 2.24) is 4.98 Å². The van der Waals surface area contributed by atoms with Crippen molar-refractivity contribution in [2.75, 3.05) is 0 Å². The van der Waals surface area contributed by atoms with Gasteiger partial charge in [-0.1, -0.05) is 0 Å². The molecule has 0 aromatic carbocycles. The highest BCUT2D eigenvalue weighted by atomic mass is 127. The molecule has 0 amide bonds. The highest BCUT2D eigenvalue weighted by Gasteiger charge is 2.09. The van der Waals surface area contributed by atoms with Gasteiger partial charge < -0.3 is 4.74 Å². The molecule has 0 unspecified atom stereocenters. The fourth-order valence-electron chi connectivity index (χ4n) is 0.580. The minimum absolute atomic E-state index is 0.123. The third-order valence-electron chi connectivity index (χ3n) is 1.02. The van der Waals surface area contributed by atoms with Crippen LogP contribution >= 0.6 is 45.2 Å². The van der Waals surface area contributed by atoms with Gasteiger partial charge in [-0.15, -0.1) is 0 Å². The lowest BCUT2D eigenvalue weighted by molar-refractivity contribution is -0.0507. The predicted molar refractivity (Wildman–Crippen MR) is 56.3 cm³/mol. The quantitative estimate of drug-likeness (QED) is 0.717. The Balaban J connectivity index is 2.92. The van der Waals surface area contributed by atoms with E-state index in [2.05, 4.69) is 9.72 Å². The second-order valence-electron chi connectivity index (χ2n) is 1.81. The molecule has 12 heavy (non-hydrogen) atoms. The minimum atomic E-state index is -2.79. The number of alkyl halides is 2. The van der Waals surface area contributed by atoms with Crippen molar-refractivity contribution in [2.45, 2.75) is 6.61 Å². The van der Waals surface area contributed by atoms with Gasteiger partial charge >= 0.3 is 6.61 Å². The molecule has 0 fully saturated rings. The van der Waals surface area contributed by atoms with Gasteiger partial charge in [-0.3, -0.25) is 4.98 Å². The smallest absolute Gasteiger partial charge is 0.387 e. The third-order valence-corrected chi connectivity index (χ3v) is 3.98. The van der Waals surface area contributed by atoms with Crippen LogP contribution in [0.4, 0.5) is 8.78 Å². The molecule has 1 heterocycles.